The van der Waals surface area contributed by atoms with Crippen molar-refractivity contribution in [2.24, 2.45) is 16.5 Å². The molecule has 0 aromatic rings. The Balaban J connectivity index is 3.91. The van der Waals surface area contributed by atoms with E-state index in [1.54, 1.807) is 13.8 Å². The molecule has 16 heavy (non-hydrogen) atoms. The van der Waals surface area contributed by atoms with Crippen LogP contribution in [0.1, 0.15) is 26.7 Å². The molecule has 0 radical (unpaired) electrons. The fourth-order valence-electron chi connectivity index (χ4n) is 1.08. The molecule has 1 unspecified atom stereocenters. The number of aliphatic imine (C=N–C) groups is 1. The second-order valence-corrected chi connectivity index (χ2v) is 3.90. The van der Waals surface area contributed by atoms with Crippen molar-refractivity contribution in [3.63, 3.8) is 0 Å². The smallest absolute Gasteiger partial charge is 0.325 e. The lowest BCUT2D eigenvalue weighted by atomic mass is 9.99. The Labute approximate surface area is 96.5 Å². The van der Waals surface area contributed by atoms with Gasteiger partial charge in [0.2, 0.25) is 0 Å². The van der Waals surface area contributed by atoms with Crippen molar-refractivity contribution in [2.45, 2.75) is 32.2 Å². The van der Waals surface area contributed by atoms with E-state index >= 15 is 0 Å². The molecule has 0 saturated carbocycles. The topological polar surface area (TPSA) is 90.7 Å². The Morgan fingerprint density at radius 1 is 1.50 bits per heavy atom. The summed E-state index contributed by atoms with van der Waals surface area (Å²) >= 11 is 0. The summed E-state index contributed by atoms with van der Waals surface area (Å²) in [5.41, 5.74) is 10.2. The second kappa shape index (κ2) is 7.00. The minimum Gasteiger partial charge on any atom is -0.468 e. The first kappa shape index (κ1) is 14.6. The van der Waals surface area contributed by atoms with Crippen LogP contribution in [0.4, 0.5) is 0 Å². The summed E-state index contributed by atoms with van der Waals surface area (Å²) in [7, 11) is 1.33. The number of carbonyl (C=O) groups excluding carboxylic acids is 1. The maximum absolute atomic E-state index is 11.2. The first-order valence-corrected chi connectivity index (χ1v) is 5.19. The van der Waals surface area contributed by atoms with Crippen molar-refractivity contribution in [3.8, 4) is 0 Å². The van der Waals surface area contributed by atoms with Gasteiger partial charge in [0, 0.05) is 6.54 Å². The average molecular weight is 227 g/mol. The van der Waals surface area contributed by atoms with Crippen LogP contribution in [0.2, 0.25) is 0 Å². The van der Waals surface area contributed by atoms with E-state index in [1.807, 2.05) is 12.2 Å². The second-order valence-electron chi connectivity index (χ2n) is 3.90. The Morgan fingerprint density at radius 3 is 2.62 bits per heavy atom. The molecule has 1 atom stereocenters. The van der Waals surface area contributed by atoms with Crippen molar-refractivity contribution >= 4 is 11.8 Å². The van der Waals surface area contributed by atoms with Crippen molar-refractivity contribution < 1.29 is 9.53 Å². The molecule has 0 aliphatic rings. The van der Waals surface area contributed by atoms with Crippen LogP contribution >= 0.6 is 0 Å². The van der Waals surface area contributed by atoms with Crippen LogP contribution in [0.3, 0.4) is 0 Å². The number of nitrogens with two attached hydrogens (primary N) is 2. The number of hydrogen-bond donors (Lipinski definition) is 2. The Morgan fingerprint density at radius 2 is 2.12 bits per heavy atom. The van der Waals surface area contributed by atoms with Crippen LogP contribution in [0, 0.1) is 0 Å². The predicted molar refractivity (Wildman–Crippen MR) is 65.1 cm³/mol. The van der Waals surface area contributed by atoms with E-state index in [2.05, 4.69) is 9.73 Å². The lowest BCUT2D eigenvalue weighted by Crippen LogP contribution is -2.45. The molecular formula is C11H21N3O2. The van der Waals surface area contributed by atoms with Gasteiger partial charge in [0.15, 0.2) is 0 Å². The highest BCUT2D eigenvalue weighted by atomic mass is 16.5. The van der Waals surface area contributed by atoms with Crippen LogP contribution in [0.5, 0.6) is 0 Å². The van der Waals surface area contributed by atoms with E-state index in [0.29, 0.717) is 18.8 Å². The molecule has 5 nitrogen and oxygen atoms in total. The van der Waals surface area contributed by atoms with E-state index in [0.717, 1.165) is 6.42 Å². The fraction of sp³-hybridized carbons (Fsp3) is 0.636. The number of nitrogens with zero attached hydrogens (tertiary/aromatic N) is 1. The number of ether oxygens (including phenoxy) is 1. The molecule has 0 spiro atoms. The number of methoxy groups -OCH3 is 1. The van der Waals surface area contributed by atoms with Crippen molar-refractivity contribution in [3.05, 3.63) is 12.2 Å². The molecule has 0 aromatic heterocycles. The van der Waals surface area contributed by atoms with Gasteiger partial charge in [-0.15, -0.1) is 0 Å². The van der Waals surface area contributed by atoms with Crippen molar-refractivity contribution in [1.29, 1.82) is 0 Å². The zero-order valence-corrected chi connectivity index (χ0v) is 10.2. The maximum Gasteiger partial charge on any atom is 0.325 e. The highest BCUT2D eigenvalue weighted by molar-refractivity contribution is 5.80. The largest absolute Gasteiger partial charge is 0.468 e. The molecule has 0 bridgehead atoms. The molecule has 0 rings (SSSR count). The van der Waals surface area contributed by atoms with Gasteiger partial charge in [0.1, 0.15) is 5.54 Å². The molecule has 0 fully saturated rings. The summed E-state index contributed by atoms with van der Waals surface area (Å²) in [4.78, 5) is 15.3. The SMILES string of the molecule is COC(=O)C(C)(N)C/C=C\CCN=C(C)N. The van der Waals surface area contributed by atoms with E-state index in [9.17, 15) is 4.79 Å². The van der Waals surface area contributed by atoms with Gasteiger partial charge < -0.3 is 16.2 Å². The number of amidine groups is 1. The molecule has 0 heterocycles. The number of rotatable bonds is 6. The summed E-state index contributed by atoms with van der Waals surface area (Å²) in [5, 5.41) is 0. The molecule has 0 aromatic carbocycles. The number of esters is 1. The quantitative estimate of drug-likeness (QED) is 0.228. The zero-order valence-electron chi connectivity index (χ0n) is 10.2. The van der Waals surface area contributed by atoms with Crippen LogP contribution in [0.25, 0.3) is 0 Å². The van der Waals surface area contributed by atoms with Crippen LogP contribution < -0.4 is 11.5 Å². The van der Waals surface area contributed by atoms with Gasteiger partial charge in [0.05, 0.1) is 12.9 Å². The predicted octanol–water partition coefficient (Wildman–Crippen LogP) is 0.590. The summed E-state index contributed by atoms with van der Waals surface area (Å²) in [6, 6.07) is 0. The fourth-order valence-corrected chi connectivity index (χ4v) is 1.08. The third-order valence-corrected chi connectivity index (χ3v) is 2.02. The van der Waals surface area contributed by atoms with Gasteiger partial charge in [0.25, 0.3) is 0 Å². The molecule has 0 aliphatic carbocycles. The lowest BCUT2D eigenvalue weighted by molar-refractivity contribution is -0.146. The number of carbonyl (C=O) groups is 1. The Kier molecular flexibility index (Phi) is 6.41. The first-order valence-electron chi connectivity index (χ1n) is 5.19. The van der Waals surface area contributed by atoms with Gasteiger partial charge in [-0.3, -0.25) is 9.79 Å². The Hall–Kier alpha value is -1.36. The summed E-state index contributed by atoms with van der Waals surface area (Å²) in [6.07, 6.45) is 5.02. The van der Waals surface area contributed by atoms with Crippen LogP contribution in [0.15, 0.2) is 17.1 Å². The molecule has 0 amide bonds. The van der Waals surface area contributed by atoms with Gasteiger partial charge in [-0.1, -0.05) is 12.2 Å². The summed E-state index contributed by atoms with van der Waals surface area (Å²) in [5.74, 6) is 0.166. The van der Waals surface area contributed by atoms with Crippen molar-refractivity contribution in [2.75, 3.05) is 13.7 Å². The third kappa shape index (κ3) is 6.19. The van der Waals surface area contributed by atoms with Gasteiger partial charge in [-0.05, 0) is 26.7 Å². The lowest BCUT2D eigenvalue weighted by Gasteiger charge is -2.18. The van der Waals surface area contributed by atoms with Gasteiger partial charge in [-0.2, -0.15) is 0 Å². The first-order chi connectivity index (χ1) is 7.40. The maximum atomic E-state index is 11.2. The van der Waals surface area contributed by atoms with Gasteiger partial charge >= 0.3 is 5.97 Å². The molecular weight excluding hydrogens is 206 g/mol. The molecule has 5 heteroatoms. The highest BCUT2D eigenvalue weighted by Crippen LogP contribution is 2.08. The van der Waals surface area contributed by atoms with Crippen molar-refractivity contribution in [1.82, 2.24) is 0 Å². The van der Waals surface area contributed by atoms with E-state index < -0.39 is 11.5 Å². The minimum absolute atomic E-state index is 0.409. The summed E-state index contributed by atoms with van der Waals surface area (Å²) < 4.78 is 4.59. The van der Waals surface area contributed by atoms with Crippen LogP contribution in [-0.2, 0) is 9.53 Å². The molecule has 4 N–H and O–H groups in total. The monoisotopic (exact) mass is 227 g/mol. The standard InChI is InChI=1S/C11H21N3O2/c1-9(12)14-8-6-4-5-7-11(2,13)10(15)16-3/h4-5H,6-8,13H2,1-3H3,(H2,12,14)/b5-4-. The molecule has 92 valence electrons. The minimum atomic E-state index is -0.960. The summed E-state index contributed by atoms with van der Waals surface area (Å²) in [6.45, 7) is 4.04. The van der Waals surface area contributed by atoms with E-state index in [1.165, 1.54) is 7.11 Å². The van der Waals surface area contributed by atoms with Crippen LogP contribution in [-0.4, -0.2) is 31.0 Å². The van der Waals surface area contributed by atoms with E-state index in [-0.39, 0.29) is 0 Å². The number of hydrogen-bond acceptors (Lipinski definition) is 4. The van der Waals surface area contributed by atoms with Gasteiger partial charge in [-0.25, -0.2) is 0 Å². The zero-order chi connectivity index (χ0) is 12.6. The van der Waals surface area contributed by atoms with E-state index in [4.69, 9.17) is 11.5 Å². The third-order valence-electron chi connectivity index (χ3n) is 2.02. The average Bonchev–Trinajstić information content (AvgIpc) is 2.21. The normalized spacial score (nSPS) is 16.1. The Bertz CT molecular complexity index is 279. The highest BCUT2D eigenvalue weighted by Gasteiger charge is 2.27. The molecule has 0 saturated heterocycles. The molecule has 0 aliphatic heterocycles.